The summed E-state index contributed by atoms with van der Waals surface area (Å²) in [4.78, 5) is 0. The molecule has 0 saturated carbocycles. The maximum absolute atomic E-state index is 4.90. The molecule has 2 heterocycles. The summed E-state index contributed by atoms with van der Waals surface area (Å²) in [5.74, 6) is 0. The van der Waals surface area contributed by atoms with Gasteiger partial charge in [0.1, 0.15) is 12.6 Å². The van der Waals surface area contributed by atoms with Gasteiger partial charge in [-0.1, -0.05) is 0 Å². The molecule has 2 aromatic heterocycles. The maximum atomic E-state index is 4.90. The highest BCUT2D eigenvalue weighted by atomic mass is 79.9. The fraction of sp³-hybridized carbons (Fsp3) is 0. The number of nitrogens with zero attached hydrogens (tertiary/aromatic N) is 3. The molecule has 0 amide bonds. The van der Waals surface area contributed by atoms with E-state index in [4.69, 9.17) is 4.42 Å². The maximum Gasteiger partial charge on any atom is 0.204 e. The van der Waals surface area contributed by atoms with Crippen LogP contribution in [0.25, 0.3) is 5.69 Å². The molecule has 0 N–H and O–H groups in total. The van der Waals surface area contributed by atoms with Crippen LogP contribution in [0.1, 0.15) is 0 Å². The average molecular weight is 214 g/mol. The molecule has 0 aliphatic rings. The lowest BCUT2D eigenvalue weighted by atomic mass is 10.5. The van der Waals surface area contributed by atoms with Gasteiger partial charge in [0.2, 0.25) is 4.73 Å². The van der Waals surface area contributed by atoms with Gasteiger partial charge in [-0.15, -0.1) is 10.2 Å². The molecular weight excluding hydrogens is 210 g/mol. The zero-order valence-corrected chi connectivity index (χ0v) is 7.02. The van der Waals surface area contributed by atoms with E-state index in [1.165, 1.54) is 0 Å². The van der Waals surface area contributed by atoms with E-state index in [0.717, 1.165) is 5.69 Å². The molecule has 0 atom stereocenters. The van der Waals surface area contributed by atoms with E-state index >= 15 is 0 Å². The van der Waals surface area contributed by atoms with Crippen molar-refractivity contribution < 1.29 is 4.42 Å². The molecule has 11 heavy (non-hydrogen) atoms. The Kier molecular flexibility index (Phi) is 1.50. The van der Waals surface area contributed by atoms with Gasteiger partial charge in [-0.25, -0.2) is 0 Å². The summed E-state index contributed by atoms with van der Waals surface area (Å²) in [6.45, 7) is 0. The largest absolute Gasteiger partial charge is 0.470 e. The first kappa shape index (κ1) is 6.60. The van der Waals surface area contributed by atoms with Crippen molar-refractivity contribution >= 4 is 15.9 Å². The molecule has 0 aliphatic carbocycles. The van der Waals surface area contributed by atoms with Gasteiger partial charge in [0.05, 0.1) is 12.0 Å². The SMILES string of the molecule is Brc1nncn1-c1ccoc1. The van der Waals surface area contributed by atoms with Crippen molar-refractivity contribution in [3.63, 3.8) is 0 Å². The highest BCUT2D eigenvalue weighted by Crippen LogP contribution is 2.13. The summed E-state index contributed by atoms with van der Waals surface area (Å²) in [7, 11) is 0. The minimum atomic E-state index is 0.666. The topological polar surface area (TPSA) is 43.9 Å². The molecule has 4 nitrogen and oxygen atoms in total. The first-order valence-corrected chi connectivity index (χ1v) is 3.75. The van der Waals surface area contributed by atoms with Crippen molar-refractivity contribution in [1.82, 2.24) is 14.8 Å². The van der Waals surface area contributed by atoms with Crippen molar-refractivity contribution in [1.29, 1.82) is 0 Å². The highest BCUT2D eigenvalue weighted by molar-refractivity contribution is 9.10. The smallest absolute Gasteiger partial charge is 0.204 e. The Morgan fingerprint density at radius 3 is 3.00 bits per heavy atom. The predicted octanol–water partition coefficient (Wildman–Crippen LogP) is 1.62. The number of furan rings is 1. The predicted molar refractivity (Wildman–Crippen MR) is 41.3 cm³/mol. The summed E-state index contributed by atoms with van der Waals surface area (Å²) >= 11 is 3.24. The highest BCUT2D eigenvalue weighted by Gasteiger charge is 2.02. The quantitative estimate of drug-likeness (QED) is 0.724. The number of hydrogen-bond acceptors (Lipinski definition) is 3. The second-order valence-electron chi connectivity index (χ2n) is 1.95. The molecule has 0 aromatic carbocycles. The number of halogens is 1. The van der Waals surface area contributed by atoms with Gasteiger partial charge in [0, 0.05) is 6.07 Å². The molecule has 0 fully saturated rings. The first-order chi connectivity index (χ1) is 5.38. The van der Waals surface area contributed by atoms with Gasteiger partial charge < -0.3 is 4.42 Å². The second kappa shape index (κ2) is 2.50. The molecule has 2 aromatic rings. The molecule has 0 saturated heterocycles. The second-order valence-corrected chi connectivity index (χ2v) is 2.66. The standard InChI is InChI=1S/C6H4BrN3O/c7-6-9-8-4-10(6)5-1-2-11-3-5/h1-4H. The Morgan fingerprint density at radius 2 is 2.45 bits per heavy atom. The normalized spacial score (nSPS) is 10.3. The molecule has 0 bridgehead atoms. The van der Waals surface area contributed by atoms with Crippen LogP contribution in [0, 0.1) is 0 Å². The van der Waals surface area contributed by atoms with Gasteiger partial charge >= 0.3 is 0 Å². The van der Waals surface area contributed by atoms with Crippen LogP contribution in [0.3, 0.4) is 0 Å². The van der Waals surface area contributed by atoms with Crippen molar-refractivity contribution in [2.45, 2.75) is 0 Å². The fourth-order valence-electron chi connectivity index (χ4n) is 0.788. The van der Waals surface area contributed by atoms with E-state index in [1.54, 1.807) is 23.4 Å². The lowest BCUT2D eigenvalue weighted by Crippen LogP contribution is -1.88. The van der Waals surface area contributed by atoms with Gasteiger partial charge in [-0.05, 0) is 15.9 Å². The molecule has 5 heteroatoms. The third kappa shape index (κ3) is 1.07. The minimum Gasteiger partial charge on any atom is -0.470 e. The number of aromatic nitrogens is 3. The minimum absolute atomic E-state index is 0.666. The molecule has 2 rings (SSSR count). The molecule has 0 unspecified atom stereocenters. The Hall–Kier alpha value is -1.10. The van der Waals surface area contributed by atoms with Crippen LogP contribution in [0.2, 0.25) is 0 Å². The zero-order valence-electron chi connectivity index (χ0n) is 5.44. The molecule has 0 spiro atoms. The third-order valence-electron chi connectivity index (χ3n) is 1.29. The van der Waals surface area contributed by atoms with Gasteiger partial charge in [0.25, 0.3) is 0 Å². The lowest BCUT2D eigenvalue weighted by Gasteiger charge is -1.93. The van der Waals surface area contributed by atoms with E-state index in [1.807, 2.05) is 6.07 Å². The Morgan fingerprint density at radius 1 is 1.55 bits per heavy atom. The first-order valence-electron chi connectivity index (χ1n) is 2.96. The van der Waals surface area contributed by atoms with Crippen LogP contribution in [-0.4, -0.2) is 14.8 Å². The van der Waals surface area contributed by atoms with Crippen LogP contribution in [0.15, 0.2) is 34.1 Å². The Bertz CT molecular complexity index is 340. The van der Waals surface area contributed by atoms with E-state index < -0.39 is 0 Å². The van der Waals surface area contributed by atoms with E-state index in [-0.39, 0.29) is 0 Å². The zero-order chi connectivity index (χ0) is 7.68. The van der Waals surface area contributed by atoms with Crippen LogP contribution >= 0.6 is 15.9 Å². The van der Waals surface area contributed by atoms with Crippen LogP contribution in [0.5, 0.6) is 0 Å². The fourth-order valence-corrected chi connectivity index (χ4v) is 1.18. The van der Waals surface area contributed by atoms with Gasteiger partial charge in [0.15, 0.2) is 0 Å². The van der Waals surface area contributed by atoms with E-state index in [2.05, 4.69) is 26.1 Å². The van der Waals surface area contributed by atoms with Crippen molar-refractivity contribution in [2.24, 2.45) is 0 Å². The van der Waals surface area contributed by atoms with Crippen molar-refractivity contribution in [3.8, 4) is 5.69 Å². The Labute approximate surface area is 71.0 Å². The van der Waals surface area contributed by atoms with E-state index in [9.17, 15) is 0 Å². The number of hydrogen-bond donors (Lipinski definition) is 0. The molecule has 0 radical (unpaired) electrons. The average Bonchev–Trinajstić information content (AvgIpc) is 2.55. The Balaban J connectivity index is 2.53. The molecular formula is C6H4BrN3O. The summed E-state index contributed by atoms with van der Waals surface area (Å²) < 4.78 is 7.33. The van der Waals surface area contributed by atoms with Gasteiger partial charge in [-0.2, -0.15) is 0 Å². The van der Waals surface area contributed by atoms with Crippen LogP contribution < -0.4 is 0 Å². The monoisotopic (exact) mass is 213 g/mol. The van der Waals surface area contributed by atoms with Crippen LogP contribution in [0.4, 0.5) is 0 Å². The summed E-state index contributed by atoms with van der Waals surface area (Å²) in [5.41, 5.74) is 0.905. The summed E-state index contributed by atoms with van der Waals surface area (Å²) in [6.07, 6.45) is 4.82. The lowest BCUT2D eigenvalue weighted by molar-refractivity contribution is 0.565. The third-order valence-corrected chi connectivity index (χ3v) is 1.83. The van der Waals surface area contributed by atoms with Crippen molar-refractivity contribution in [3.05, 3.63) is 29.7 Å². The van der Waals surface area contributed by atoms with Gasteiger partial charge in [-0.3, -0.25) is 4.57 Å². The molecule has 56 valence electrons. The summed E-state index contributed by atoms with van der Waals surface area (Å²) in [6, 6.07) is 1.83. The number of rotatable bonds is 1. The van der Waals surface area contributed by atoms with Crippen molar-refractivity contribution in [2.75, 3.05) is 0 Å². The molecule has 0 aliphatic heterocycles. The van der Waals surface area contributed by atoms with Crippen LogP contribution in [-0.2, 0) is 0 Å². The van der Waals surface area contributed by atoms with E-state index in [0.29, 0.717) is 4.73 Å². The summed E-state index contributed by atoms with van der Waals surface area (Å²) in [5, 5.41) is 7.46.